The molecular formula is C20H17F3N4O. The van der Waals surface area contributed by atoms with Crippen LogP contribution >= 0.6 is 0 Å². The maximum absolute atomic E-state index is 12.8. The van der Waals surface area contributed by atoms with Crippen LogP contribution in [0, 0.1) is 5.41 Å². The fraction of sp³-hybridized carbons (Fsp3) is 0.100. The number of guanidine groups is 1. The average Bonchev–Trinajstić information content (AvgIpc) is 2.68. The van der Waals surface area contributed by atoms with Crippen molar-refractivity contribution in [2.24, 2.45) is 5.73 Å². The Balaban J connectivity index is 1.91. The summed E-state index contributed by atoms with van der Waals surface area (Å²) in [7, 11) is 0. The minimum atomic E-state index is -4.45. The highest BCUT2D eigenvalue weighted by Crippen LogP contribution is 2.34. The number of halogens is 3. The standard InChI is InChI=1S/C20H17F3N4O/c21-20(22,23)15-8-10-16(11-9-15)27(19(24)25)18-17(7-4-12-26-18)28-13-14-5-2-1-3-6-14/h1-12H,13H2,(H3,24,25). The Morgan fingerprint density at radius 1 is 1.00 bits per heavy atom. The molecule has 0 aliphatic rings. The number of benzene rings is 2. The van der Waals surface area contributed by atoms with Gasteiger partial charge >= 0.3 is 6.18 Å². The second kappa shape index (κ2) is 7.99. The van der Waals surface area contributed by atoms with Crippen LogP contribution in [0.15, 0.2) is 72.9 Å². The average molecular weight is 386 g/mol. The summed E-state index contributed by atoms with van der Waals surface area (Å²) in [6.45, 7) is 0.262. The molecule has 2 aromatic carbocycles. The van der Waals surface area contributed by atoms with Crippen LogP contribution in [0.4, 0.5) is 24.7 Å². The van der Waals surface area contributed by atoms with E-state index in [-0.39, 0.29) is 18.1 Å². The zero-order valence-corrected chi connectivity index (χ0v) is 14.6. The molecule has 0 saturated carbocycles. The summed E-state index contributed by atoms with van der Waals surface area (Å²) < 4.78 is 44.3. The summed E-state index contributed by atoms with van der Waals surface area (Å²) in [6, 6.07) is 17.1. The summed E-state index contributed by atoms with van der Waals surface area (Å²) in [4.78, 5) is 5.44. The summed E-state index contributed by atoms with van der Waals surface area (Å²) in [5, 5.41) is 7.88. The minimum absolute atomic E-state index is 0.214. The zero-order chi connectivity index (χ0) is 20.1. The molecule has 0 aliphatic heterocycles. The van der Waals surface area contributed by atoms with Crippen molar-refractivity contribution in [2.45, 2.75) is 12.8 Å². The van der Waals surface area contributed by atoms with Crippen molar-refractivity contribution in [2.75, 3.05) is 4.90 Å². The number of nitrogens with two attached hydrogens (primary N) is 1. The van der Waals surface area contributed by atoms with Crippen LogP contribution in [0.5, 0.6) is 5.75 Å². The molecule has 144 valence electrons. The number of nitrogens with one attached hydrogen (secondary N) is 1. The third-order valence-electron chi connectivity index (χ3n) is 3.89. The van der Waals surface area contributed by atoms with Gasteiger partial charge in [-0.25, -0.2) is 4.98 Å². The molecular weight excluding hydrogens is 369 g/mol. The van der Waals surface area contributed by atoms with Crippen molar-refractivity contribution in [1.82, 2.24) is 4.98 Å². The molecule has 8 heteroatoms. The van der Waals surface area contributed by atoms with Gasteiger partial charge in [0.15, 0.2) is 17.5 Å². The van der Waals surface area contributed by atoms with E-state index in [2.05, 4.69) is 4.98 Å². The van der Waals surface area contributed by atoms with Gasteiger partial charge in [-0.15, -0.1) is 0 Å². The summed E-state index contributed by atoms with van der Waals surface area (Å²) in [6.07, 6.45) is -2.96. The van der Waals surface area contributed by atoms with Gasteiger partial charge < -0.3 is 10.5 Å². The monoisotopic (exact) mass is 386 g/mol. The van der Waals surface area contributed by atoms with E-state index in [1.54, 1.807) is 12.1 Å². The Morgan fingerprint density at radius 3 is 2.29 bits per heavy atom. The van der Waals surface area contributed by atoms with Crippen LogP contribution in [-0.4, -0.2) is 10.9 Å². The highest BCUT2D eigenvalue weighted by molar-refractivity contribution is 6.00. The number of nitrogens with zero attached hydrogens (tertiary/aromatic N) is 2. The highest BCUT2D eigenvalue weighted by Gasteiger charge is 2.30. The lowest BCUT2D eigenvalue weighted by Crippen LogP contribution is -2.33. The lowest BCUT2D eigenvalue weighted by atomic mass is 10.2. The SMILES string of the molecule is N=C(N)N(c1ccc(C(F)(F)F)cc1)c1ncccc1OCc1ccccc1. The molecule has 3 aromatic rings. The van der Waals surface area contributed by atoms with E-state index in [1.165, 1.54) is 23.2 Å². The van der Waals surface area contributed by atoms with Crippen molar-refractivity contribution in [3.05, 3.63) is 84.1 Å². The predicted molar refractivity (Wildman–Crippen MR) is 101 cm³/mol. The van der Waals surface area contributed by atoms with E-state index < -0.39 is 17.7 Å². The first-order valence-corrected chi connectivity index (χ1v) is 8.29. The van der Waals surface area contributed by atoms with Gasteiger partial charge in [-0.1, -0.05) is 30.3 Å². The molecule has 0 bridgehead atoms. The molecule has 0 saturated heterocycles. The largest absolute Gasteiger partial charge is 0.485 e. The smallest absolute Gasteiger partial charge is 0.416 e. The van der Waals surface area contributed by atoms with Crippen LogP contribution in [-0.2, 0) is 12.8 Å². The number of alkyl halides is 3. The number of rotatable bonds is 5. The van der Waals surface area contributed by atoms with Crippen molar-refractivity contribution < 1.29 is 17.9 Å². The van der Waals surface area contributed by atoms with Gasteiger partial charge in [0.2, 0.25) is 0 Å². The first-order chi connectivity index (χ1) is 13.4. The number of aromatic nitrogens is 1. The molecule has 0 amide bonds. The molecule has 0 aliphatic carbocycles. The van der Waals surface area contributed by atoms with Crippen LogP contribution in [0.3, 0.4) is 0 Å². The number of anilines is 2. The van der Waals surface area contributed by atoms with Crippen molar-refractivity contribution in [1.29, 1.82) is 5.41 Å². The maximum Gasteiger partial charge on any atom is 0.416 e. The summed E-state index contributed by atoms with van der Waals surface area (Å²) in [5.41, 5.74) is 6.10. The lowest BCUT2D eigenvalue weighted by Gasteiger charge is -2.24. The zero-order valence-electron chi connectivity index (χ0n) is 14.6. The normalized spacial score (nSPS) is 11.1. The molecule has 28 heavy (non-hydrogen) atoms. The first kappa shape index (κ1) is 19.2. The predicted octanol–water partition coefficient (Wildman–Crippen LogP) is 4.71. The topological polar surface area (TPSA) is 75.2 Å². The number of pyridine rings is 1. The second-order valence-electron chi connectivity index (χ2n) is 5.86. The van der Waals surface area contributed by atoms with Crippen LogP contribution < -0.4 is 15.4 Å². The molecule has 3 rings (SSSR count). The number of hydrogen-bond acceptors (Lipinski definition) is 3. The fourth-order valence-corrected chi connectivity index (χ4v) is 2.57. The Hall–Kier alpha value is -3.55. The summed E-state index contributed by atoms with van der Waals surface area (Å²) >= 11 is 0. The quantitative estimate of drug-likeness (QED) is 0.492. The van der Waals surface area contributed by atoms with Gasteiger partial charge in [0, 0.05) is 6.20 Å². The molecule has 0 atom stereocenters. The molecule has 0 spiro atoms. The molecule has 0 unspecified atom stereocenters. The van der Waals surface area contributed by atoms with Gasteiger partial charge in [0.05, 0.1) is 11.3 Å². The van der Waals surface area contributed by atoms with Gasteiger partial charge in [-0.05, 0) is 42.0 Å². The van der Waals surface area contributed by atoms with Gasteiger partial charge in [-0.3, -0.25) is 10.3 Å². The lowest BCUT2D eigenvalue weighted by molar-refractivity contribution is -0.137. The molecule has 1 aromatic heterocycles. The molecule has 1 heterocycles. The van der Waals surface area contributed by atoms with E-state index in [9.17, 15) is 13.2 Å². The van der Waals surface area contributed by atoms with Gasteiger partial charge in [-0.2, -0.15) is 13.2 Å². The molecule has 0 fully saturated rings. The Labute approximate surface area is 159 Å². The molecule has 0 radical (unpaired) electrons. The first-order valence-electron chi connectivity index (χ1n) is 8.29. The Morgan fingerprint density at radius 2 is 1.68 bits per heavy atom. The van der Waals surface area contributed by atoms with Crippen LogP contribution in [0.1, 0.15) is 11.1 Å². The van der Waals surface area contributed by atoms with Gasteiger partial charge in [0.1, 0.15) is 6.61 Å². The second-order valence-corrected chi connectivity index (χ2v) is 5.86. The fourth-order valence-electron chi connectivity index (χ4n) is 2.57. The van der Waals surface area contributed by atoms with E-state index in [4.69, 9.17) is 15.9 Å². The maximum atomic E-state index is 12.8. The van der Waals surface area contributed by atoms with E-state index in [0.717, 1.165) is 17.7 Å². The highest BCUT2D eigenvalue weighted by atomic mass is 19.4. The third kappa shape index (κ3) is 4.40. The molecule has 3 N–H and O–H groups in total. The van der Waals surface area contributed by atoms with Gasteiger partial charge in [0.25, 0.3) is 0 Å². The van der Waals surface area contributed by atoms with Crippen molar-refractivity contribution in [3.8, 4) is 5.75 Å². The number of ether oxygens (including phenoxy) is 1. The summed E-state index contributed by atoms with van der Waals surface area (Å²) in [5.74, 6) is 0.162. The van der Waals surface area contributed by atoms with E-state index in [0.29, 0.717) is 5.75 Å². The van der Waals surface area contributed by atoms with E-state index in [1.807, 2.05) is 30.3 Å². The Bertz CT molecular complexity index is 944. The van der Waals surface area contributed by atoms with Crippen molar-refractivity contribution in [3.63, 3.8) is 0 Å². The molecule has 5 nitrogen and oxygen atoms in total. The van der Waals surface area contributed by atoms with Crippen LogP contribution in [0.25, 0.3) is 0 Å². The third-order valence-corrected chi connectivity index (χ3v) is 3.89. The number of hydrogen-bond donors (Lipinski definition) is 2. The van der Waals surface area contributed by atoms with E-state index >= 15 is 0 Å². The Kier molecular flexibility index (Phi) is 5.49. The van der Waals surface area contributed by atoms with Crippen molar-refractivity contribution >= 4 is 17.5 Å². The minimum Gasteiger partial charge on any atom is -0.485 e. The van der Waals surface area contributed by atoms with Crippen LogP contribution in [0.2, 0.25) is 0 Å².